The van der Waals surface area contributed by atoms with E-state index in [0.29, 0.717) is 45.1 Å². The van der Waals surface area contributed by atoms with Crippen molar-refractivity contribution in [2.75, 3.05) is 20.7 Å². The van der Waals surface area contributed by atoms with Crippen LogP contribution >= 0.6 is 11.3 Å². The molecule has 222 valence electrons. The van der Waals surface area contributed by atoms with Crippen molar-refractivity contribution in [3.63, 3.8) is 0 Å². The molecule has 2 atom stereocenters. The quantitative estimate of drug-likeness (QED) is 0.304. The summed E-state index contributed by atoms with van der Waals surface area (Å²) in [6.45, 7) is 2.20. The fourth-order valence-electron chi connectivity index (χ4n) is 6.11. The summed E-state index contributed by atoms with van der Waals surface area (Å²) in [4.78, 5) is 44.7. The van der Waals surface area contributed by atoms with Crippen molar-refractivity contribution in [3.05, 3.63) is 68.4 Å². The Morgan fingerprint density at radius 2 is 1.83 bits per heavy atom. The van der Waals surface area contributed by atoms with E-state index in [1.54, 1.807) is 20.0 Å². The Hall–Kier alpha value is -3.84. The molecular weight excluding hydrogens is 563 g/mol. The van der Waals surface area contributed by atoms with E-state index in [-0.39, 0.29) is 18.6 Å². The zero-order chi connectivity index (χ0) is 29.5. The third kappa shape index (κ3) is 4.94. The number of amides is 1. The molecule has 4 aromatic rings. The molecule has 0 unspecified atom stereocenters. The molecular formula is C29H33FN6O5S. The maximum atomic E-state index is 14.6. The Labute approximate surface area is 245 Å². The van der Waals surface area contributed by atoms with Crippen LogP contribution in [0.2, 0.25) is 0 Å². The van der Waals surface area contributed by atoms with Gasteiger partial charge in [0.1, 0.15) is 33.5 Å². The van der Waals surface area contributed by atoms with E-state index in [9.17, 15) is 18.8 Å². The van der Waals surface area contributed by atoms with Gasteiger partial charge in [0.05, 0.1) is 37.5 Å². The molecule has 0 bridgehead atoms. The minimum Gasteiger partial charge on any atom is -0.496 e. The van der Waals surface area contributed by atoms with Gasteiger partial charge >= 0.3 is 5.69 Å². The van der Waals surface area contributed by atoms with Crippen LogP contribution in [0, 0.1) is 12.7 Å². The van der Waals surface area contributed by atoms with Crippen molar-refractivity contribution in [3.8, 4) is 10.8 Å². The number of aryl methyl sites for hydroxylation is 1. The predicted molar refractivity (Wildman–Crippen MR) is 155 cm³/mol. The molecule has 1 aliphatic heterocycles. The lowest BCUT2D eigenvalue weighted by atomic mass is 9.97. The SMILES string of the molecule is COc1ccc(F)cc1[C@H](Cn1c(=O)n([C@H]2CCN(C)C2=O)c(=O)c2c(C)c(-n3nccn3)sc21)OC1CCCCC1. The lowest BCUT2D eigenvalue weighted by Gasteiger charge is -2.29. The first-order valence-corrected chi connectivity index (χ1v) is 15.0. The number of methoxy groups -OCH3 is 1. The Balaban J connectivity index is 1.57. The molecule has 1 aliphatic carbocycles. The van der Waals surface area contributed by atoms with Gasteiger partial charge in [0.2, 0.25) is 5.91 Å². The second-order valence-electron chi connectivity index (χ2n) is 10.9. The Morgan fingerprint density at radius 3 is 2.50 bits per heavy atom. The van der Waals surface area contributed by atoms with Gasteiger partial charge in [0.25, 0.3) is 5.56 Å². The van der Waals surface area contributed by atoms with Crippen molar-refractivity contribution in [1.29, 1.82) is 0 Å². The van der Waals surface area contributed by atoms with E-state index in [1.807, 2.05) is 0 Å². The number of rotatable bonds is 8. The number of hydrogen-bond donors (Lipinski definition) is 0. The van der Waals surface area contributed by atoms with Crippen LogP contribution in [-0.4, -0.2) is 61.7 Å². The van der Waals surface area contributed by atoms with Crippen LogP contribution in [-0.2, 0) is 16.1 Å². The fourth-order valence-corrected chi connectivity index (χ4v) is 7.33. The highest BCUT2D eigenvalue weighted by Gasteiger charge is 2.36. The molecule has 2 aliphatic rings. The largest absolute Gasteiger partial charge is 0.496 e. The van der Waals surface area contributed by atoms with Gasteiger partial charge in [0, 0.05) is 24.7 Å². The lowest BCUT2D eigenvalue weighted by Crippen LogP contribution is -2.45. The van der Waals surface area contributed by atoms with Crippen molar-refractivity contribution in [2.45, 2.75) is 70.2 Å². The summed E-state index contributed by atoms with van der Waals surface area (Å²) in [5, 5.41) is 9.38. The van der Waals surface area contributed by atoms with Crippen molar-refractivity contribution in [1.82, 2.24) is 29.0 Å². The van der Waals surface area contributed by atoms with Gasteiger partial charge in [-0.1, -0.05) is 30.6 Å². The maximum Gasteiger partial charge on any atom is 0.332 e. The minimum atomic E-state index is -0.919. The normalized spacial score (nSPS) is 18.7. The van der Waals surface area contributed by atoms with Gasteiger partial charge in [-0.05, 0) is 44.4 Å². The van der Waals surface area contributed by atoms with Gasteiger partial charge in [-0.15, -0.1) is 4.80 Å². The third-order valence-electron chi connectivity index (χ3n) is 8.33. The highest BCUT2D eigenvalue weighted by atomic mass is 32.1. The molecule has 6 rings (SSSR count). The number of fused-ring (bicyclic) bond motifs is 1. The number of benzene rings is 1. The molecule has 13 heteroatoms. The number of halogens is 1. The third-order valence-corrected chi connectivity index (χ3v) is 9.61. The highest BCUT2D eigenvalue weighted by Crippen LogP contribution is 2.36. The van der Waals surface area contributed by atoms with Crippen LogP contribution in [0.15, 0.2) is 40.2 Å². The Kier molecular flexibility index (Phi) is 7.71. The highest BCUT2D eigenvalue weighted by molar-refractivity contribution is 7.21. The van der Waals surface area contributed by atoms with Crippen LogP contribution in [0.4, 0.5) is 4.39 Å². The zero-order valence-corrected chi connectivity index (χ0v) is 24.6. The molecule has 11 nitrogen and oxygen atoms in total. The number of carbonyl (C=O) groups is 1. The predicted octanol–water partition coefficient (Wildman–Crippen LogP) is 3.76. The molecule has 3 aromatic heterocycles. The second kappa shape index (κ2) is 11.4. The van der Waals surface area contributed by atoms with Crippen LogP contribution in [0.5, 0.6) is 5.75 Å². The maximum absolute atomic E-state index is 14.6. The molecule has 2 fully saturated rings. The van der Waals surface area contributed by atoms with E-state index in [0.717, 1.165) is 36.7 Å². The van der Waals surface area contributed by atoms with Crippen LogP contribution < -0.4 is 16.0 Å². The molecule has 0 radical (unpaired) electrons. The van der Waals surface area contributed by atoms with Gasteiger partial charge in [-0.2, -0.15) is 10.2 Å². The van der Waals surface area contributed by atoms with Crippen LogP contribution in [0.1, 0.15) is 61.8 Å². The monoisotopic (exact) mass is 596 g/mol. The average molecular weight is 597 g/mol. The topological polar surface area (TPSA) is 113 Å². The molecule has 0 N–H and O–H groups in total. The van der Waals surface area contributed by atoms with Gasteiger partial charge in [0.15, 0.2) is 0 Å². The number of ether oxygens (including phenoxy) is 2. The first-order chi connectivity index (χ1) is 20.3. The summed E-state index contributed by atoms with van der Waals surface area (Å²) in [6, 6.07) is 3.32. The molecule has 0 spiro atoms. The number of nitrogens with zero attached hydrogens (tertiary/aromatic N) is 6. The number of likely N-dealkylation sites (N-methyl/N-ethyl adjacent to an activating group) is 1. The van der Waals surface area contributed by atoms with E-state index in [4.69, 9.17) is 9.47 Å². The van der Waals surface area contributed by atoms with Crippen LogP contribution in [0.25, 0.3) is 15.2 Å². The number of hydrogen-bond acceptors (Lipinski definition) is 8. The second-order valence-corrected chi connectivity index (χ2v) is 11.9. The van der Waals surface area contributed by atoms with Crippen molar-refractivity contribution in [2.24, 2.45) is 0 Å². The average Bonchev–Trinajstić information content (AvgIpc) is 3.72. The smallest absolute Gasteiger partial charge is 0.332 e. The first kappa shape index (κ1) is 28.3. The summed E-state index contributed by atoms with van der Waals surface area (Å²) in [6.07, 6.45) is 7.45. The Bertz CT molecular complexity index is 1740. The zero-order valence-electron chi connectivity index (χ0n) is 23.8. The van der Waals surface area contributed by atoms with Gasteiger partial charge in [-0.25, -0.2) is 13.8 Å². The molecule has 1 saturated heterocycles. The van der Waals surface area contributed by atoms with E-state index in [1.165, 1.54) is 57.2 Å². The number of thiophene rings is 1. The molecule has 42 heavy (non-hydrogen) atoms. The summed E-state index contributed by atoms with van der Waals surface area (Å²) in [5.41, 5.74) is -0.0690. The lowest BCUT2D eigenvalue weighted by molar-refractivity contribution is -0.129. The number of likely N-dealkylation sites (tertiary alicyclic amines) is 1. The van der Waals surface area contributed by atoms with E-state index < -0.39 is 29.2 Å². The molecule has 1 aromatic carbocycles. The van der Waals surface area contributed by atoms with Crippen molar-refractivity contribution >= 4 is 27.5 Å². The molecule has 4 heterocycles. The molecule has 1 saturated carbocycles. The summed E-state index contributed by atoms with van der Waals surface area (Å²) in [7, 11) is 3.17. The number of aromatic nitrogens is 5. The van der Waals surface area contributed by atoms with Crippen molar-refractivity contribution < 1.29 is 18.7 Å². The Morgan fingerprint density at radius 1 is 1.10 bits per heavy atom. The van der Waals surface area contributed by atoms with E-state index in [2.05, 4.69) is 10.2 Å². The summed E-state index contributed by atoms with van der Waals surface area (Å²) in [5.74, 6) is -0.306. The molecule has 1 amide bonds. The minimum absolute atomic E-state index is 0.0192. The van der Waals surface area contributed by atoms with E-state index >= 15 is 0 Å². The number of carbonyl (C=O) groups excluding carboxylic acids is 1. The summed E-state index contributed by atoms with van der Waals surface area (Å²) < 4.78 is 29.4. The fraction of sp³-hybridized carbons (Fsp3) is 0.483. The van der Waals surface area contributed by atoms with Crippen LogP contribution in [0.3, 0.4) is 0 Å². The standard InChI is InChI=1S/C29H33FN6O5S/c1-17-24-26(38)35(21-11-14-33(2)25(21)37)29(39)34(28(24)42-27(17)36-31-12-13-32-36)16-23(41-19-7-5-4-6-8-19)20-15-18(30)9-10-22(20)40-3/h9-10,12-13,15,19,21,23H,4-8,11,14,16H2,1-3H3/t21-,23-/m0/s1. The first-order valence-electron chi connectivity index (χ1n) is 14.2. The van der Waals surface area contributed by atoms with Gasteiger partial charge < -0.3 is 14.4 Å². The van der Waals surface area contributed by atoms with Gasteiger partial charge in [-0.3, -0.25) is 14.2 Å². The summed E-state index contributed by atoms with van der Waals surface area (Å²) >= 11 is 1.22.